The lowest BCUT2D eigenvalue weighted by Gasteiger charge is -2.42. The number of benzene rings is 2. The van der Waals surface area contributed by atoms with Crippen LogP contribution in [0.25, 0.3) is 0 Å². The third kappa shape index (κ3) is 19.3. The van der Waals surface area contributed by atoms with E-state index in [1.807, 2.05) is 58.0 Å². The number of primary amides is 1. The van der Waals surface area contributed by atoms with Crippen molar-refractivity contribution in [2.24, 2.45) is 28.7 Å². The van der Waals surface area contributed by atoms with Crippen LogP contribution in [-0.4, -0.2) is 116 Å². The summed E-state index contributed by atoms with van der Waals surface area (Å²) in [5, 5.41) is 10.9. The highest BCUT2D eigenvalue weighted by molar-refractivity contribution is 7.89. The van der Waals surface area contributed by atoms with E-state index in [-0.39, 0.29) is 36.9 Å². The highest BCUT2D eigenvalue weighted by Gasteiger charge is 2.46. The first-order valence-electron chi connectivity index (χ1n) is 23.9. The fraction of sp³-hybridized carbons (Fsp3) is 0.588. The predicted octanol–water partition coefficient (Wildman–Crippen LogP) is 4.34. The molecule has 0 saturated carbocycles. The molecule has 0 aliphatic heterocycles. The van der Waals surface area contributed by atoms with E-state index in [2.05, 4.69) is 26.0 Å². The van der Waals surface area contributed by atoms with Crippen LogP contribution in [0.4, 0.5) is 9.59 Å². The number of rotatable bonds is 23. The summed E-state index contributed by atoms with van der Waals surface area (Å²) in [6.45, 7) is 23.2. The molecule has 9 N–H and O–H groups in total. The lowest BCUT2D eigenvalue weighted by molar-refractivity contribution is -0.141. The van der Waals surface area contributed by atoms with Gasteiger partial charge >= 0.3 is 12.1 Å². The summed E-state index contributed by atoms with van der Waals surface area (Å²) >= 11 is 0. The van der Waals surface area contributed by atoms with Crippen LogP contribution in [0.5, 0.6) is 0 Å². The number of nitrogens with zero attached hydrogens (tertiary/aromatic N) is 2. The molecular formula is C51H81N9O10S. The zero-order valence-corrected chi connectivity index (χ0v) is 45.2. The smallest absolute Gasteiger partial charge is 0.410 e. The fourth-order valence-electron chi connectivity index (χ4n) is 7.66. The molecule has 0 aromatic heterocycles. The number of ether oxygens (including phenoxy) is 1. The SMILES string of the molecule is C/C(=C\C(C(C)C)N(C)C(=O)C(NC(=O)C(N(C)C(=O)OC(C)(C)C)C(C)(C)c1ccccc1)C(C)(C)C)C(=O)NS(=O)(=O)Cc1ccc(CNC(=O)C(CCCNC(N)=O)NC(=O)C(N)C(C)C)cc1. The quantitative estimate of drug-likeness (QED) is 0.0608. The molecule has 5 atom stereocenters. The van der Waals surface area contributed by atoms with Crippen LogP contribution in [0.3, 0.4) is 0 Å². The Morgan fingerprint density at radius 2 is 1.31 bits per heavy atom. The topological polar surface area (TPSA) is 282 Å². The normalized spacial score (nSPS) is 14.5. The molecule has 19 nitrogen and oxygen atoms in total. The van der Waals surface area contributed by atoms with Crippen LogP contribution in [0.1, 0.15) is 120 Å². The minimum atomic E-state index is -4.23. The van der Waals surface area contributed by atoms with Crippen LogP contribution in [0.15, 0.2) is 66.2 Å². The summed E-state index contributed by atoms with van der Waals surface area (Å²) in [4.78, 5) is 95.8. The molecule has 0 heterocycles. The maximum Gasteiger partial charge on any atom is 0.410 e. The van der Waals surface area contributed by atoms with E-state index in [1.165, 1.54) is 29.8 Å². The fourth-order valence-corrected chi connectivity index (χ4v) is 8.80. The van der Waals surface area contributed by atoms with Crippen molar-refractivity contribution in [3.05, 3.63) is 82.9 Å². The minimum absolute atomic E-state index is 0.0304. The van der Waals surface area contributed by atoms with E-state index in [1.54, 1.807) is 86.7 Å². The van der Waals surface area contributed by atoms with Crippen molar-refractivity contribution in [3.63, 3.8) is 0 Å². The third-order valence-electron chi connectivity index (χ3n) is 11.9. The first-order valence-corrected chi connectivity index (χ1v) is 25.5. The summed E-state index contributed by atoms with van der Waals surface area (Å²) in [6.07, 6.45) is 1.33. The maximum atomic E-state index is 14.6. The number of nitrogens with two attached hydrogens (primary N) is 2. The number of urea groups is 1. The Bertz CT molecular complexity index is 2310. The van der Waals surface area contributed by atoms with Crippen LogP contribution in [0, 0.1) is 17.3 Å². The van der Waals surface area contributed by atoms with E-state index in [0.717, 1.165) is 5.56 Å². The molecule has 0 radical (unpaired) electrons. The van der Waals surface area contributed by atoms with Crippen molar-refractivity contribution in [3.8, 4) is 0 Å². The average molecular weight is 1010 g/mol. The molecule has 0 spiro atoms. The molecular weight excluding hydrogens is 931 g/mol. The monoisotopic (exact) mass is 1010 g/mol. The molecule has 71 heavy (non-hydrogen) atoms. The van der Waals surface area contributed by atoms with Gasteiger partial charge in [-0.25, -0.2) is 22.7 Å². The van der Waals surface area contributed by atoms with Crippen molar-refractivity contribution >= 4 is 51.7 Å². The first kappa shape index (κ1) is 61.1. The lowest BCUT2D eigenvalue weighted by Crippen LogP contribution is -2.63. The van der Waals surface area contributed by atoms with Crippen molar-refractivity contribution in [1.82, 2.24) is 35.8 Å². The highest BCUT2D eigenvalue weighted by atomic mass is 32.2. The molecule has 396 valence electrons. The summed E-state index contributed by atoms with van der Waals surface area (Å²) in [5.41, 5.74) is 10.2. The van der Waals surface area contributed by atoms with Gasteiger partial charge in [0.25, 0.3) is 5.91 Å². The van der Waals surface area contributed by atoms with Crippen molar-refractivity contribution < 1.29 is 46.7 Å². The molecule has 0 fully saturated rings. The van der Waals surface area contributed by atoms with Crippen molar-refractivity contribution in [1.29, 1.82) is 0 Å². The second-order valence-corrected chi connectivity index (χ2v) is 23.1. The summed E-state index contributed by atoms with van der Waals surface area (Å²) in [5.74, 6) is -3.94. The Balaban J connectivity index is 2.26. The summed E-state index contributed by atoms with van der Waals surface area (Å²) < 4.78 is 34.4. The predicted molar refractivity (Wildman–Crippen MR) is 274 cm³/mol. The number of sulfonamides is 1. The minimum Gasteiger partial charge on any atom is -0.444 e. The standard InChI is InChI=1S/C51H81N9O10S/c1-31(2)38(59(14)46(65)40(49(6,7)8)57-45(64)41(60(15)48(67)70-50(9,10)11)51(12,13)36-20-17-16-18-21-36)28-33(5)42(61)58-71(68,69)30-35-25-23-34(24-26-35)29-55-43(62)37(22-19-27-54-47(53)66)56-44(63)39(52)32(3)4/h16-18,20-21,23-26,28,31-32,37-41H,19,22,27,29-30,52H2,1-15H3,(H,55,62)(H,56,63)(H,57,64)(H,58,61)(H3,53,54,66)/b33-28+. The molecule has 8 amide bonds. The second-order valence-electron chi connectivity index (χ2n) is 21.4. The van der Waals surface area contributed by atoms with E-state index < -0.39 is 104 Å². The third-order valence-corrected chi connectivity index (χ3v) is 13.1. The number of nitrogens with one attached hydrogen (secondary N) is 5. The van der Waals surface area contributed by atoms with E-state index >= 15 is 0 Å². The average Bonchev–Trinajstić information content (AvgIpc) is 3.25. The summed E-state index contributed by atoms with van der Waals surface area (Å²) in [6, 6.07) is 10.1. The first-order chi connectivity index (χ1) is 32.6. The van der Waals surface area contributed by atoms with Crippen LogP contribution in [-0.2, 0) is 56.4 Å². The molecule has 2 aromatic carbocycles. The van der Waals surface area contributed by atoms with Gasteiger partial charge in [-0.2, -0.15) is 0 Å². The number of carbonyl (C=O) groups is 7. The molecule has 20 heteroatoms. The molecule has 5 unspecified atom stereocenters. The number of amides is 8. The highest BCUT2D eigenvalue weighted by Crippen LogP contribution is 2.32. The molecule has 2 rings (SSSR count). The Labute approximate surface area is 421 Å². The number of hydrogen-bond donors (Lipinski definition) is 7. The van der Waals surface area contributed by atoms with Gasteiger partial charge in [0.2, 0.25) is 33.7 Å². The van der Waals surface area contributed by atoms with E-state index in [0.29, 0.717) is 17.5 Å². The van der Waals surface area contributed by atoms with E-state index in [9.17, 15) is 42.0 Å². The van der Waals surface area contributed by atoms with Crippen molar-refractivity contribution in [2.45, 2.75) is 156 Å². The Morgan fingerprint density at radius 3 is 1.82 bits per heavy atom. The van der Waals surface area contributed by atoms with Gasteiger partial charge in [0.1, 0.15) is 23.7 Å². The van der Waals surface area contributed by atoms with Crippen LogP contribution < -0.4 is 37.5 Å². The van der Waals surface area contributed by atoms with E-state index in [4.69, 9.17) is 16.2 Å². The van der Waals surface area contributed by atoms with Gasteiger partial charge in [-0.1, -0.05) is 123 Å². The molecule has 2 aromatic rings. The Hall–Kier alpha value is -6.02. The zero-order chi connectivity index (χ0) is 54.4. The Kier molecular flexibility index (Phi) is 22.3. The van der Waals surface area contributed by atoms with Crippen LogP contribution in [0.2, 0.25) is 0 Å². The van der Waals surface area contributed by atoms with Gasteiger partial charge in [-0.05, 0) is 74.5 Å². The van der Waals surface area contributed by atoms with Gasteiger partial charge in [0, 0.05) is 38.2 Å². The Morgan fingerprint density at radius 1 is 0.746 bits per heavy atom. The number of carbonyl (C=O) groups excluding carboxylic acids is 7. The molecule has 0 aliphatic carbocycles. The second kappa shape index (κ2) is 25.9. The van der Waals surface area contributed by atoms with Gasteiger partial charge in [0.05, 0.1) is 17.8 Å². The van der Waals surface area contributed by atoms with Gasteiger partial charge < -0.3 is 42.4 Å². The van der Waals surface area contributed by atoms with Crippen molar-refractivity contribution in [2.75, 3.05) is 20.6 Å². The molecule has 0 saturated heterocycles. The van der Waals surface area contributed by atoms with Crippen LogP contribution >= 0.6 is 0 Å². The largest absolute Gasteiger partial charge is 0.444 e. The van der Waals surface area contributed by atoms with Gasteiger partial charge in [-0.3, -0.25) is 28.9 Å². The number of hydrogen-bond acceptors (Lipinski definition) is 11. The van der Waals surface area contributed by atoms with Gasteiger partial charge in [-0.15, -0.1) is 0 Å². The summed E-state index contributed by atoms with van der Waals surface area (Å²) in [7, 11) is -1.19. The zero-order valence-electron chi connectivity index (χ0n) is 44.4. The lowest BCUT2D eigenvalue weighted by atomic mass is 9.76. The molecule has 0 bridgehead atoms. The molecule has 0 aliphatic rings. The van der Waals surface area contributed by atoms with Gasteiger partial charge in [0.15, 0.2) is 0 Å². The maximum absolute atomic E-state index is 14.6. The number of likely N-dealkylation sites (N-methyl/N-ethyl adjacent to an activating group) is 2.